The first-order valence-corrected chi connectivity index (χ1v) is 9.40. The quantitative estimate of drug-likeness (QED) is 0.139. The van der Waals surface area contributed by atoms with E-state index in [1.165, 1.54) is 13.2 Å². The molecule has 1 heterocycles. The molecule has 0 aliphatic carbocycles. The number of hydrogen-bond donors (Lipinski definition) is 1. The van der Waals surface area contributed by atoms with Gasteiger partial charge in [0.15, 0.2) is 0 Å². The highest BCUT2D eigenvalue weighted by atomic mass is 16.5. The predicted octanol–water partition coefficient (Wildman–Crippen LogP) is 4.11. The van der Waals surface area contributed by atoms with Crippen LogP contribution in [0.5, 0.6) is 5.75 Å². The standard InChI is InChI=1S/C22H20N4O5/c1-29-22(28)15-6-8-18(9-7-15)30-11-10-24-21(27)13-17(14-25-26-23)20-12-16-4-2-3-5-19(16)31-20/h2-9,12-13H,10-11,14H2,1H3,(H,24,27). The molecule has 0 spiro atoms. The van der Waals surface area contributed by atoms with Crippen molar-refractivity contribution in [2.45, 2.75) is 0 Å². The molecule has 1 amide bonds. The predicted molar refractivity (Wildman–Crippen MR) is 114 cm³/mol. The van der Waals surface area contributed by atoms with E-state index in [0.29, 0.717) is 28.2 Å². The molecule has 1 N–H and O–H groups in total. The zero-order valence-corrected chi connectivity index (χ0v) is 16.8. The maximum Gasteiger partial charge on any atom is 0.337 e. The van der Waals surface area contributed by atoms with Crippen LogP contribution in [0.4, 0.5) is 0 Å². The van der Waals surface area contributed by atoms with Gasteiger partial charge in [-0.3, -0.25) is 4.79 Å². The minimum atomic E-state index is -0.424. The number of amides is 1. The van der Waals surface area contributed by atoms with E-state index in [0.717, 1.165) is 5.39 Å². The normalized spacial score (nSPS) is 10.9. The van der Waals surface area contributed by atoms with Crippen LogP contribution in [0.25, 0.3) is 27.0 Å². The molecule has 0 atom stereocenters. The Hall–Kier alpha value is -4.23. The topological polar surface area (TPSA) is 127 Å². The fraction of sp³-hybridized carbons (Fsp3) is 0.182. The zero-order valence-electron chi connectivity index (χ0n) is 16.8. The summed E-state index contributed by atoms with van der Waals surface area (Å²) in [5.74, 6) is 0.231. The molecule has 0 saturated carbocycles. The van der Waals surface area contributed by atoms with E-state index in [1.54, 1.807) is 30.3 Å². The van der Waals surface area contributed by atoms with Crippen molar-refractivity contribution in [2.75, 3.05) is 26.8 Å². The molecule has 158 valence electrons. The summed E-state index contributed by atoms with van der Waals surface area (Å²) in [6.45, 7) is 0.462. The highest BCUT2D eigenvalue weighted by Crippen LogP contribution is 2.24. The lowest BCUT2D eigenvalue weighted by Gasteiger charge is -2.08. The van der Waals surface area contributed by atoms with Crippen molar-refractivity contribution in [1.29, 1.82) is 0 Å². The van der Waals surface area contributed by atoms with E-state index in [1.807, 2.05) is 24.3 Å². The van der Waals surface area contributed by atoms with Gasteiger partial charge in [0.2, 0.25) is 5.91 Å². The minimum absolute atomic E-state index is 0.0210. The SMILES string of the molecule is COC(=O)c1ccc(OCCNC(=O)C=C(CN=[N+]=[N-])c2cc3ccccc3o2)cc1. The Balaban J connectivity index is 1.57. The zero-order chi connectivity index (χ0) is 22.1. The third-order valence-electron chi connectivity index (χ3n) is 4.30. The Morgan fingerprint density at radius 3 is 2.68 bits per heavy atom. The van der Waals surface area contributed by atoms with Gasteiger partial charge in [-0.15, -0.1) is 0 Å². The van der Waals surface area contributed by atoms with Gasteiger partial charge in [0, 0.05) is 21.9 Å². The summed E-state index contributed by atoms with van der Waals surface area (Å²) < 4.78 is 15.9. The second kappa shape index (κ2) is 10.5. The molecule has 3 rings (SSSR count). The van der Waals surface area contributed by atoms with E-state index in [-0.39, 0.29) is 25.6 Å². The summed E-state index contributed by atoms with van der Waals surface area (Å²) in [5.41, 5.74) is 10.2. The molecule has 0 unspecified atom stereocenters. The van der Waals surface area contributed by atoms with Crippen molar-refractivity contribution < 1.29 is 23.5 Å². The number of hydrogen-bond acceptors (Lipinski definition) is 6. The van der Waals surface area contributed by atoms with Gasteiger partial charge in [-0.2, -0.15) is 0 Å². The van der Waals surface area contributed by atoms with Crippen LogP contribution < -0.4 is 10.1 Å². The van der Waals surface area contributed by atoms with E-state index >= 15 is 0 Å². The largest absolute Gasteiger partial charge is 0.492 e. The lowest BCUT2D eigenvalue weighted by molar-refractivity contribution is -0.116. The number of benzene rings is 2. The summed E-state index contributed by atoms with van der Waals surface area (Å²) >= 11 is 0. The van der Waals surface area contributed by atoms with Crippen LogP contribution in [0, 0.1) is 0 Å². The number of para-hydroxylation sites is 1. The van der Waals surface area contributed by atoms with Gasteiger partial charge >= 0.3 is 5.97 Å². The van der Waals surface area contributed by atoms with Gasteiger partial charge in [-0.25, -0.2) is 4.79 Å². The van der Waals surface area contributed by atoms with Crippen LogP contribution in [0.1, 0.15) is 16.1 Å². The molecule has 31 heavy (non-hydrogen) atoms. The number of carbonyl (C=O) groups is 2. The van der Waals surface area contributed by atoms with Crippen molar-refractivity contribution in [2.24, 2.45) is 5.11 Å². The van der Waals surface area contributed by atoms with Crippen LogP contribution in [0.2, 0.25) is 0 Å². The Kier molecular flexibility index (Phi) is 7.29. The number of ether oxygens (including phenoxy) is 2. The van der Waals surface area contributed by atoms with Crippen LogP contribution in [0.15, 0.2) is 70.2 Å². The number of nitrogens with zero attached hydrogens (tertiary/aromatic N) is 3. The van der Waals surface area contributed by atoms with E-state index in [9.17, 15) is 9.59 Å². The third kappa shape index (κ3) is 5.88. The Morgan fingerprint density at radius 2 is 1.97 bits per heavy atom. The molecule has 9 heteroatoms. The van der Waals surface area contributed by atoms with Gasteiger partial charge in [0.25, 0.3) is 0 Å². The number of nitrogens with one attached hydrogen (secondary N) is 1. The first-order chi connectivity index (χ1) is 15.1. The number of rotatable bonds is 9. The Bertz CT molecular complexity index is 1110. The Labute approximate surface area is 177 Å². The van der Waals surface area contributed by atoms with Gasteiger partial charge in [-0.1, -0.05) is 23.3 Å². The second-order valence-electron chi connectivity index (χ2n) is 6.36. The lowest BCUT2D eigenvalue weighted by atomic mass is 10.1. The molecule has 0 saturated heterocycles. The molecular weight excluding hydrogens is 400 g/mol. The number of esters is 1. The molecule has 0 aliphatic rings. The monoisotopic (exact) mass is 420 g/mol. The van der Waals surface area contributed by atoms with Gasteiger partial charge in [0.1, 0.15) is 23.7 Å². The summed E-state index contributed by atoms with van der Waals surface area (Å²) in [6.07, 6.45) is 1.34. The maximum atomic E-state index is 12.3. The number of azide groups is 1. The summed E-state index contributed by atoms with van der Waals surface area (Å²) in [6, 6.07) is 15.7. The van der Waals surface area contributed by atoms with Gasteiger partial charge in [0.05, 0.1) is 25.8 Å². The van der Waals surface area contributed by atoms with E-state index < -0.39 is 5.97 Å². The van der Waals surface area contributed by atoms with Crippen molar-refractivity contribution in [1.82, 2.24) is 5.32 Å². The fourth-order valence-corrected chi connectivity index (χ4v) is 2.80. The van der Waals surface area contributed by atoms with E-state index in [2.05, 4.69) is 20.1 Å². The molecule has 0 aliphatic heterocycles. The van der Waals surface area contributed by atoms with E-state index in [4.69, 9.17) is 14.7 Å². The highest BCUT2D eigenvalue weighted by molar-refractivity contribution is 5.96. The number of methoxy groups -OCH3 is 1. The molecule has 0 fully saturated rings. The smallest absolute Gasteiger partial charge is 0.337 e. The van der Waals surface area contributed by atoms with Gasteiger partial charge < -0.3 is 19.2 Å². The number of fused-ring (bicyclic) bond motifs is 1. The lowest BCUT2D eigenvalue weighted by Crippen LogP contribution is -2.26. The summed E-state index contributed by atoms with van der Waals surface area (Å²) in [4.78, 5) is 26.5. The fourth-order valence-electron chi connectivity index (χ4n) is 2.80. The van der Waals surface area contributed by atoms with Crippen molar-refractivity contribution in [3.63, 3.8) is 0 Å². The van der Waals surface area contributed by atoms with Crippen molar-refractivity contribution in [3.8, 4) is 5.75 Å². The first kappa shape index (κ1) is 21.5. The molecule has 9 nitrogen and oxygen atoms in total. The highest BCUT2D eigenvalue weighted by Gasteiger charge is 2.10. The van der Waals surface area contributed by atoms with Crippen molar-refractivity contribution >= 4 is 28.4 Å². The van der Waals surface area contributed by atoms with Crippen LogP contribution in [-0.4, -0.2) is 38.7 Å². The summed E-state index contributed by atoms with van der Waals surface area (Å²) in [7, 11) is 1.32. The minimum Gasteiger partial charge on any atom is -0.492 e. The molecule has 3 aromatic rings. The first-order valence-electron chi connectivity index (χ1n) is 9.40. The summed E-state index contributed by atoms with van der Waals surface area (Å²) in [5, 5.41) is 7.14. The van der Waals surface area contributed by atoms with Crippen LogP contribution >= 0.6 is 0 Å². The average Bonchev–Trinajstić information content (AvgIpc) is 3.23. The maximum absolute atomic E-state index is 12.3. The molecule has 2 aromatic carbocycles. The van der Waals surface area contributed by atoms with Crippen LogP contribution in [-0.2, 0) is 9.53 Å². The molecule has 0 bridgehead atoms. The number of furan rings is 1. The molecular formula is C22H20N4O5. The third-order valence-corrected chi connectivity index (χ3v) is 4.30. The second-order valence-corrected chi connectivity index (χ2v) is 6.36. The molecule has 0 radical (unpaired) electrons. The van der Waals surface area contributed by atoms with Crippen molar-refractivity contribution in [3.05, 3.63) is 82.4 Å². The molecule has 1 aromatic heterocycles. The Morgan fingerprint density at radius 1 is 1.19 bits per heavy atom. The van der Waals surface area contributed by atoms with Gasteiger partial charge in [-0.05, 0) is 41.9 Å². The van der Waals surface area contributed by atoms with Crippen LogP contribution in [0.3, 0.4) is 0 Å². The average molecular weight is 420 g/mol. The number of carbonyl (C=O) groups excluding carboxylic acids is 2.